The van der Waals surface area contributed by atoms with Crippen LogP contribution in [0.25, 0.3) is 22.0 Å². The van der Waals surface area contributed by atoms with Crippen molar-refractivity contribution < 1.29 is 30.7 Å². The summed E-state index contributed by atoms with van der Waals surface area (Å²) in [6, 6.07) is 26.4. The van der Waals surface area contributed by atoms with Gasteiger partial charge in [-0.1, -0.05) is 6.07 Å². The Morgan fingerprint density at radius 2 is 1.13 bits per heavy atom. The van der Waals surface area contributed by atoms with E-state index in [1.807, 2.05) is 54.8 Å². The van der Waals surface area contributed by atoms with Crippen molar-refractivity contribution in [3.05, 3.63) is 108 Å². The molecule has 2 aromatic carbocycles. The van der Waals surface area contributed by atoms with Crippen LogP contribution in [0, 0.1) is 6.92 Å². The van der Waals surface area contributed by atoms with Crippen LogP contribution in [-0.2, 0) is 20.0 Å². The largest absolute Gasteiger partial charge is 0.495 e. The molecule has 0 unspecified atom stereocenters. The first-order valence-electron chi connectivity index (χ1n) is 20.6. The number of benzene rings is 2. The van der Waals surface area contributed by atoms with E-state index >= 15 is 0 Å². The zero-order valence-electron chi connectivity index (χ0n) is 36.3. The second-order valence-electron chi connectivity index (χ2n) is 15.9. The van der Waals surface area contributed by atoms with Crippen molar-refractivity contribution in [1.82, 2.24) is 20.6 Å². The molecule has 0 bridgehead atoms. The number of aromatic nitrogens is 2. The van der Waals surface area contributed by atoms with E-state index in [4.69, 9.17) is 13.9 Å². The molecule has 2 fully saturated rings. The van der Waals surface area contributed by atoms with Crippen molar-refractivity contribution in [1.29, 1.82) is 0 Å². The van der Waals surface area contributed by atoms with Gasteiger partial charge in [0, 0.05) is 74.1 Å². The Hall–Kier alpha value is -5.66. The minimum absolute atomic E-state index is 0.0569. The molecule has 0 radical (unpaired) electrons. The summed E-state index contributed by atoms with van der Waals surface area (Å²) in [5.41, 5.74) is 3.99. The fourth-order valence-corrected chi connectivity index (χ4v) is 10.5. The van der Waals surface area contributed by atoms with Gasteiger partial charge in [-0.25, -0.2) is 16.8 Å². The predicted molar refractivity (Wildman–Crippen MR) is 250 cm³/mol. The average Bonchev–Trinajstić information content (AvgIpc) is 3.96. The molecule has 2 saturated heterocycles. The highest BCUT2D eigenvalue weighted by molar-refractivity contribution is 7.93. The van der Waals surface area contributed by atoms with Gasteiger partial charge in [0.25, 0.3) is 20.0 Å². The molecule has 4 atom stereocenters. The first-order chi connectivity index (χ1) is 30.1. The lowest BCUT2D eigenvalue weighted by Gasteiger charge is -2.38. The van der Waals surface area contributed by atoms with Crippen LogP contribution >= 0.6 is 11.3 Å². The Balaban J connectivity index is 0.000000189. The van der Waals surface area contributed by atoms with Gasteiger partial charge in [-0.3, -0.25) is 19.4 Å². The molecule has 2 aliphatic heterocycles. The third-order valence-electron chi connectivity index (χ3n) is 10.6. The van der Waals surface area contributed by atoms with Crippen LogP contribution in [0.5, 0.6) is 11.5 Å². The molecule has 6 heterocycles. The van der Waals surface area contributed by atoms with Crippen LogP contribution in [0.1, 0.15) is 33.5 Å². The second kappa shape index (κ2) is 19.4. The second-order valence-corrected chi connectivity index (χ2v) is 20.2. The van der Waals surface area contributed by atoms with Gasteiger partial charge in [0.05, 0.1) is 36.2 Å². The molecule has 63 heavy (non-hydrogen) atoms. The van der Waals surface area contributed by atoms with Gasteiger partial charge < -0.3 is 34.3 Å². The van der Waals surface area contributed by atoms with Crippen molar-refractivity contribution in [2.45, 2.75) is 68.6 Å². The number of rotatable bonds is 12. The van der Waals surface area contributed by atoms with Gasteiger partial charge in [0.15, 0.2) is 5.76 Å². The van der Waals surface area contributed by atoms with E-state index < -0.39 is 20.0 Å². The number of hydrogen-bond acceptors (Lipinski definition) is 14. The van der Waals surface area contributed by atoms with E-state index in [9.17, 15) is 16.8 Å². The minimum Gasteiger partial charge on any atom is -0.495 e. The quantitative estimate of drug-likeness (QED) is 0.0952. The summed E-state index contributed by atoms with van der Waals surface area (Å²) in [5, 5.41) is 8.97. The molecule has 15 nitrogen and oxygen atoms in total. The lowest BCUT2D eigenvalue weighted by Crippen LogP contribution is -2.54. The third kappa shape index (κ3) is 11.1. The molecule has 18 heteroatoms. The van der Waals surface area contributed by atoms with Gasteiger partial charge in [-0.15, -0.1) is 11.3 Å². The number of nitrogens with zero attached hydrogens (tertiary/aromatic N) is 4. The zero-order valence-corrected chi connectivity index (χ0v) is 38.8. The topological polar surface area (TPSA) is 180 Å². The number of nitrogens with one attached hydrogen (secondary N) is 4. The van der Waals surface area contributed by atoms with Crippen LogP contribution in [0.4, 0.5) is 22.7 Å². The smallest absolute Gasteiger partial charge is 0.263 e. The number of methoxy groups -OCH3 is 2. The summed E-state index contributed by atoms with van der Waals surface area (Å²) in [5.74, 6) is 2.27. The summed E-state index contributed by atoms with van der Waals surface area (Å²) >= 11 is 1.56. The maximum atomic E-state index is 13.1. The number of anilines is 4. The predicted octanol–water partition coefficient (Wildman–Crippen LogP) is 7.45. The van der Waals surface area contributed by atoms with Crippen molar-refractivity contribution in [2.75, 3.05) is 59.6 Å². The van der Waals surface area contributed by atoms with E-state index in [1.54, 1.807) is 47.7 Å². The van der Waals surface area contributed by atoms with E-state index in [-0.39, 0.29) is 9.79 Å². The first-order valence-corrected chi connectivity index (χ1v) is 24.4. The summed E-state index contributed by atoms with van der Waals surface area (Å²) in [6.45, 7) is 13.8. The number of piperazine rings is 2. The van der Waals surface area contributed by atoms with Gasteiger partial charge in [0.1, 0.15) is 32.7 Å². The van der Waals surface area contributed by atoms with Crippen LogP contribution in [0.15, 0.2) is 117 Å². The Morgan fingerprint density at radius 3 is 1.51 bits per heavy atom. The molecular formula is C45H54N8O7S3. The zero-order chi connectivity index (χ0) is 44.9. The summed E-state index contributed by atoms with van der Waals surface area (Å²) < 4.78 is 73.9. The molecule has 8 rings (SSSR count). The van der Waals surface area contributed by atoms with E-state index in [0.29, 0.717) is 58.5 Å². The highest BCUT2D eigenvalue weighted by Crippen LogP contribution is 2.34. The molecule has 2 aliphatic rings. The number of ether oxygens (including phenoxy) is 2. The molecule has 6 aromatic rings. The van der Waals surface area contributed by atoms with Crippen molar-refractivity contribution >= 4 is 54.1 Å². The average molecular weight is 915 g/mol. The van der Waals surface area contributed by atoms with E-state index in [2.05, 4.69) is 67.5 Å². The van der Waals surface area contributed by atoms with Gasteiger partial charge >= 0.3 is 0 Å². The molecule has 4 N–H and O–H groups in total. The Bertz CT molecular complexity index is 2680. The van der Waals surface area contributed by atoms with Crippen molar-refractivity contribution in [2.24, 2.45) is 0 Å². The molecule has 4 aromatic heterocycles. The van der Waals surface area contributed by atoms with E-state index in [1.165, 1.54) is 32.7 Å². The standard InChI is InChI=1S/C23H28N4O4S.C22H26N4O3S2/c1-15-13-27(14-16(2)25-15)18-6-10-22(30-4)21(11-18)26-32(28,29)19-7-8-20(24-12-19)23-9-5-17(3)31-23;1-15-13-26(14-16(2)24-15)17-6-9-21(29-3)20(11-17)25-31(27,28)18-7-8-19(23-12-18)22-5-4-10-30-22/h5-12,15-16,25-26H,13-14H2,1-4H3;4-12,15-16,24-25H,13-14H2,1-3H3/t2*15-,16+. The lowest BCUT2D eigenvalue weighted by atomic mass is 10.1. The summed E-state index contributed by atoms with van der Waals surface area (Å²) in [4.78, 5) is 14.2. The SMILES string of the molecule is COc1ccc(N2C[C@@H](C)N[C@@H](C)C2)cc1NS(=O)(=O)c1ccc(-c2ccc(C)o2)nc1.COc1ccc(N2C[C@@H](C)N[C@@H](C)C2)cc1NS(=O)(=O)c1ccc(-c2cccs2)nc1. The highest BCUT2D eigenvalue weighted by atomic mass is 32.2. The number of sulfonamides is 2. The van der Waals surface area contributed by atoms with Gasteiger partial charge in [-0.05, 0) is 119 Å². The van der Waals surface area contributed by atoms with Crippen LogP contribution < -0.4 is 39.4 Å². The van der Waals surface area contributed by atoms with Gasteiger partial charge in [-0.2, -0.15) is 0 Å². The molecule has 0 amide bonds. The van der Waals surface area contributed by atoms with Crippen molar-refractivity contribution in [3.8, 4) is 33.5 Å². The van der Waals surface area contributed by atoms with Gasteiger partial charge in [0.2, 0.25) is 0 Å². The molecular weight excluding hydrogens is 861 g/mol. The summed E-state index contributed by atoms with van der Waals surface area (Å²) in [7, 11) is -4.64. The van der Waals surface area contributed by atoms with Crippen LogP contribution in [0.2, 0.25) is 0 Å². The fourth-order valence-electron chi connectivity index (χ4n) is 7.79. The molecule has 0 aliphatic carbocycles. The molecule has 0 spiro atoms. The summed E-state index contributed by atoms with van der Waals surface area (Å²) in [6.07, 6.45) is 2.71. The van der Waals surface area contributed by atoms with Crippen molar-refractivity contribution in [3.63, 3.8) is 0 Å². The maximum absolute atomic E-state index is 13.1. The number of furan rings is 1. The Labute approximate surface area is 374 Å². The maximum Gasteiger partial charge on any atom is 0.263 e. The Morgan fingerprint density at radius 1 is 0.651 bits per heavy atom. The Kier molecular flexibility index (Phi) is 14.0. The fraction of sp³-hybridized carbons (Fsp3) is 0.333. The minimum atomic E-state index is -3.86. The van der Waals surface area contributed by atoms with Crippen LogP contribution in [0.3, 0.4) is 0 Å². The molecule has 334 valence electrons. The molecule has 0 saturated carbocycles. The lowest BCUT2D eigenvalue weighted by molar-refractivity contribution is 0.406. The number of hydrogen-bond donors (Lipinski definition) is 4. The number of pyridine rings is 2. The number of thiophene rings is 1. The van der Waals surface area contributed by atoms with E-state index in [0.717, 1.165) is 53.9 Å². The monoisotopic (exact) mass is 914 g/mol. The third-order valence-corrected chi connectivity index (χ3v) is 14.2. The van der Waals surface area contributed by atoms with Crippen LogP contribution in [-0.4, -0.2) is 91.4 Å². The highest BCUT2D eigenvalue weighted by Gasteiger charge is 2.25. The number of aryl methyl sites for hydroxylation is 1. The first kappa shape index (κ1) is 45.4. The normalized spacial score (nSPS) is 19.2.